The minimum Gasteiger partial charge on any atom is -0.365 e. The summed E-state index contributed by atoms with van der Waals surface area (Å²) in [6.07, 6.45) is 2.27. The number of nitrogens with two attached hydrogens (primary N) is 2. The number of carbonyl (C=O) groups is 1. The molecule has 1 atom stereocenters. The van der Waals surface area contributed by atoms with E-state index in [1.807, 2.05) is 38.1 Å². The van der Waals surface area contributed by atoms with Gasteiger partial charge in [0.2, 0.25) is 5.95 Å². The van der Waals surface area contributed by atoms with Crippen molar-refractivity contribution in [3.05, 3.63) is 41.6 Å². The van der Waals surface area contributed by atoms with E-state index in [2.05, 4.69) is 15.3 Å². The van der Waals surface area contributed by atoms with Gasteiger partial charge in [0.15, 0.2) is 0 Å². The van der Waals surface area contributed by atoms with Crippen molar-refractivity contribution >= 4 is 11.9 Å². The van der Waals surface area contributed by atoms with E-state index in [-0.39, 0.29) is 6.04 Å². The van der Waals surface area contributed by atoms with Crippen LogP contribution >= 0.6 is 0 Å². The average molecular weight is 299 g/mol. The number of anilines is 1. The number of aryl methyl sites for hydroxylation is 1. The maximum absolute atomic E-state index is 11.6. The SMILES string of the molecule is Cc1cccc(-c2nc(NC(C)CCN)ncc2C(N)=O)c1. The zero-order valence-corrected chi connectivity index (χ0v) is 12.8. The highest BCUT2D eigenvalue weighted by Gasteiger charge is 2.15. The predicted molar refractivity (Wildman–Crippen MR) is 87.5 cm³/mol. The molecule has 22 heavy (non-hydrogen) atoms. The van der Waals surface area contributed by atoms with Crippen LogP contribution in [0, 0.1) is 6.92 Å². The Balaban J connectivity index is 2.42. The van der Waals surface area contributed by atoms with E-state index >= 15 is 0 Å². The molecule has 2 aromatic rings. The van der Waals surface area contributed by atoms with Gasteiger partial charge in [0.25, 0.3) is 5.91 Å². The van der Waals surface area contributed by atoms with E-state index in [0.717, 1.165) is 17.5 Å². The molecule has 0 aliphatic rings. The second kappa shape index (κ2) is 7.00. The Morgan fingerprint density at radius 2 is 2.18 bits per heavy atom. The molecule has 6 nitrogen and oxygen atoms in total. The third kappa shape index (κ3) is 3.79. The Hall–Kier alpha value is -2.47. The third-order valence-electron chi connectivity index (χ3n) is 3.32. The number of aromatic nitrogens is 2. The highest BCUT2D eigenvalue weighted by molar-refractivity contribution is 5.98. The lowest BCUT2D eigenvalue weighted by atomic mass is 10.0. The fraction of sp³-hybridized carbons (Fsp3) is 0.312. The number of nitrogens with zero attached hydrogens (tertiary/aromatic N) is 2. The van der Waals surface area contributed by atoms with Gasteiger partial charge in [-0.2, -0.15) is 0 Å². The molecule has 1 amide bonds. The summed E-state index contributed by atoms with van der Waals surface area (Å²) < 4.78 is 0. The largest absolute Gasteiger partial charge is 0.365 e. The zero-order chi connectivity index (χ0) is 16.1. The Kier molecular flexibility index (Phi) is 5.06. The van der Waals surface area contributed by atoms with E-state index < -0.39 is 5.91 Å². The first-order valence-corrected chi connectivity index (χ1v) is 7.21. The van der Waals surface area contributed by atoms with Crippen molar-refractivity contribution in [1.82, 2.24) is 9.97 Å². The minimum absolute atomic E-state index is 0.148. The molecule has 0 saturated heterocycles. The number of benzene rings is 1. The van der Waals surface area contributed by atoms with Crippen LogP contribution in [0.5, 0.6) is 0 Å². The number of hydrogen-bond donors (Lipinski definition) is 3. The lowest BCUT2D eigenvalue weighted by Crippen LogP contribution is -2.22. The van der Waals surface area contributed by atoms with Crippen LogP contribution in [0.2, 0.25) is 0 Å². The number of primary amides is 1. The van der Waals surface area contributed by atoms with Crippen LogP contribution in [0.1, 0.15) is 29.3 Å². The maximum atomic E-state index is 11.6. The van der Waals surface area contributed by atoms with Gasteiger partial charge in [-0.25, -0.2) is 9.97 Å². The van der Waals surface area contributed by atoms with E-state index in [1.165, 1.54) is 6.20 Å². The summed E-state index contributed by atoms with van der Waals surface area (Å²) in [4.78, 5) is 20.3. The van der Waals surface area contributed by atoms with Gasteiger partial charge in [-0.1, -0.05) is 23.8 Å². The molecule has 1 unspecified atom stereocenters. The van der Waals surface area contributed by atoms with Crippen LogP contribution in [0.25, 0.3) is 11.3 Å². The first-order valence-electron chi connectivity index (χ1n) is 7.21. The number of rotatable bonds is 6. The molecule has 0 radical (unpaired) electrons. The monoisotopic (exact) mass is 299 g/mol. The quantitative estimate of drug-likeness (QED) is 0.752. The van der Waals surface area contributed by atoms with Gasteiger partial charge in [0.1, 0.15) is 0 Å². The van der Waals surface area contributed by atoms with Crippen molar-refractivity contribution in [2.45, 2.75) is 26.3 Å². The van der Waals surface area contributed by atoms with Gasteiger partial charge < -0.3 is 16.8 Å². The van der Waals surface area contributed by atoms with E-state index in [0.29, 0.717) is 23.8 Å². The highest BCUT2D eigenvalue weighted by atomic mass is 16.1. The van der Waals surface area contributed by atoms with Crippen molar-refractivity contribution in [1.29, 1.82) is 0 Å². The Morgan fingerprint density at radius 1 is 1.41 bits per heavy atom. The molecule has 1 heterocycles. The Bertz CT molecular complexity index is 671. The molecule has 2 rings (SSSR count). The minimum atomic E-state index is -0.543. The number of nitrogens with one attached hydrogen (secondary N) is 1. The molecule has 0 fully saturated rings. The lowest BCUT2D eigenvalue weighted by molar-refractivity contribution is 0.100. The fourth-order valence-electron chi connectivity index (χ4n) is 2.19. The van der Waals surface area contributed by atoms with Crippen LogP contribution in [0.15, 0.2) is 30.5 Å². The van der Waals surface area contributed by atoms with Gasteiger partial charge in [-0.05, 0) is 32.9 Å². The van der Waals surface area contributed by atoms with Crippen molar-refractivity contribution < 1.29 is 4.79 Å². The topological polar surface area (TPSA) is 107 Å². The van der Waals surface area contributed by atoms with E-state index in [9.17, 15) is 4.79 Å². The normalized spacial score (nSPS) is 12.0. The molecule has 5 N–H and O–H groups in total. The first-order chi connectivity index (χ1) is 10.5. The summed E-state index contributed by atoms with van der Waals surface area (Å²) in [6.45, 7) is 4.57. The Morgan fingerprint density at radius 3 is 2.82 bits per heavy atom. The molecule has 0 bridgehead atoms. The second-order valence-corrected chi connectivity index (χ2v) is 5.31. The van der Waals surface area contributed by atoms with E-state index in [4.69, 9.17) is 11.5 Å². The predicted octanol–water partition coefficient (Wildman–Crippen LogP) is 1.70. The first kappa shape index (κ1) is 15.9. The van der Waals surface area contributed by atoms with Gasteiger partial charge in [0.05, 0.1) is 11.3 Å². The number of hydrogen-bond acceptors (Lipinski definition) is 5. The van der Waals surface area contributed by atoms with Crippen LogP contribution in [0.4, 0.5) is 5.95 Å². The van der Waals surface area contributed by atoms with E-state index in [1.54, 1.807) is 0 Å². The summed E-state index contributed by atoms with van der Waals surface area (Å²) in [7, 11) is 0. The summed E-state index contributed by atoms with van der Waals surface area (Å²) >= 11 is 0. The fourth-order valence-corrected chi connectivity index (χ4v) is 2.19. The number of amides is 1. The molecular formula is C16H21N5O. The molecule has 6 heteroatoms. The lowest BCUT2D eigenvalue weighted by Gasteiger charge is -2.14. The smallest absolute Gasteiger partial charge is 0.252 e. The van der Waals surface area contributed by atoms with Gasteiger partial charge in [-0.3, -0.25) is 4.79 Å². The third-order valence-corrected chi connectivity index (χ3v) is 3.32. The molecule has 0 aliphatic carbocycles. The van der Waals surface area contributed by atoms with Gasteiger partial charge in [0, 0.05) is 17.8 Å². The molecule has 116 valence electrons. The van der Waals surface area contributed by atoms with Crippen LogP contribution < -0.4 is 16.8 Å². The molecule has 0 spiro atoms. The van der Waals surface area contributed by atoms with Crippen LogP contribution in [-0.4, -0.2) is 28.5 Å². The summed E-state index contributed by atoms with van der Waals surface area (Å²) in [5.41, 5.74) is 13.7. The molecule has 0 aliphatic heterocycles. The molecule has 1 aromatic carbocycles. The highest BCUT2D eigenvalue weighted by Crippen LogP contribution is 2.23. The molecular weight excluding hydrogens is 278 g/mol. The second-order valence-electron chi connectivity index (χ2n) is 5.31. The Labute approximate surface area is 130 Å². The standard InChI is InChI=1S/C16H21N5O/c1-10-4-3-5-12(8-10)14-13(15(18)22)9-19-16(21-14)20-11(2)6-7-17/h3-5,8-9,11H,6-7,17H2,1-2H3,(H2,18,22)(H,19,20,21). The summed E-state index contributed by atoms with van der Waals surface area (Å²) in [5, 5.41) is 3.18. The van der Waals surface area contributed by atoms with Crippen molar-refractivity contribution in [2.24, 2.45) is 11.5 Å². The number of carbonyl (C=O) groups excluding carboxylic acids is 1. The molecule has 1 aromatic heterocycles. The van der Waals surface area contributed by atoms with Crippen molar-refractivity contribution in [3.63, 3.8) is 0 Å². The van der Waals surface area contributed by atoms with Crippen LogP contribution in [0.3, 0.4) is 0 Å². The van der Waals surface area contributed by atoms with Crippen molar-refractivity contribution in [2.75, 3.05) is 11.9 Å². The van der Waals surface area contributed by atoms with Crippen LogP contribution in [-0.2, 0) is 0 Å². The van der Waals surface area contributed by atoms with Crippen molar-refractivity contribution in [3.8, 4) is 11.3 Å². The maximum Gasteiger partial charge on any atom is 0.252 e. The zero-order valence-electron chi connectivity index (χ0n) is 12.8. The van der Waals surface area contributed by atoms with Gasteiger partial charge >= 0.3 is 0 Å². The van der Waals surface area contributed by atoms with Gasteiger partial charge in [-0.15, -0.1) is 0 Å². The summed E-state index contributed by atoms with van der Waals surface area (Å²) in [5.74, 6) is -0.0829. The summed E-state index contributed by atoms with van der Waals surface area (Å²) in [6, 6.07) is 7.91. The average Bonchev–Trinajstić information content (AvgIpc) is 2.47. The molecule has 0 saturated carbocycles.